The molecule has 5 heteroatoms. The van der Waals surface area contributed by atoms with Gasteiger partial charge in [-0.15, -0.1) is 0 Å². The number of anilines is 1. The van der Waals surface area contributed by atoms with E-state index >= 15 is 0 Å². The maximum absolute atomic E-state index is 11.8. The molecule has 0 atom stereocenters. The number of halogens is 1. The minimum Gasteiger partial charge on any atom is -0.495 e. The van der Waals surface area contributed by atoms with Crippen LogP contribution in [-0.4, -0.2) is 13.0 Å². The normalized spacial score (nSPS) is 10.6. The molecule has 0 aliphatic carbocycles. The summed E-state index contributed by atoms with van der Waals surface area (Å²) in [5.41, 5.74) is 1.55. The second-order valence-electron chi connectivity index (χ2n) is 3.72. The Balaban J connectivity index is 2.08. The van der Waals surface area contributed by atoms with Crippen LogP contribution in [0.15, 0.2) is 41.1 Å². The molecule has 2 aromatic rings. The average molecular weight is 294 g/mol. The van der Waals surface area contributed by atoms with E-state index in [1.807, 2.05) is 16.8 Å². The molecule has 1 aromatic carbocycles. The highest BCUT2D eigenvalue weighted by atomic mass is 35.5. The van der Waals surface area contributed by atoms with Crippen LogP contribution in [0, 0.1) is 0 Å². The Labute approximate surface area is 120 Å². The van der Waals surface area contributed by atoms with E-state index < -0.39 is 0 Å². The van der Waals surface area contributed by atoms with Gasteiger partial charge in [-0.05, 0) is 46.7 Å². The van der Waals surface area contributed by atoms with Crippen LogP contribution in [-0.2, 0) is 4.79 Å². The van der Waals surface area contributed by atoms with E-state index in [1.54, 1.807) is 42.7 Å². The summed E-state index contributed by atoms with van der Waals surface area (Å²) in [6.45, 7) is 0. The van der Waals surface area contributed by atoms with Crippen molar-refractivity contribution in [1.29, 1.82) is 0 Å². The van der Waals surface area contributed by atoms with Crippen molar-refractivity contribution in [2.75, 3.05) is 12.4 Å². The Kier molecular flexibility index (Phi) is 4.60. The van der Waals surface area contributed by atoms with E-state index in [0.717, 1.165) is 5.56 Å². The van der Waals surface area contributed by atoms with Gasteiger partial charge < -0.3 is 10.1 Å². The summed E-state index contributed by atoms with van der Waals surface area (Å²) in [7, 11) is 1.54. The molecule has 0 unspecified atom stereocenters. The van der Waals surface area contributed by atoms with Crippen molar-refractivity contribution in [2.45, 2.75) is 0 Å². The zero-order valence-corrected chi connectivity index (χ0v) is 11.8. The molecule has 1 heterocycles. The lowest BCUT2D eigenvalue weighted by Crippen LogP contribution is -2.08. The van der Waals surface area contributed by atoms with Gasteiger partial charge in [0.1, 0.15) is 5.75 Å². The molecule has 0 radical (unpaired) electrons. The van der Waals surface area contributed by atoms with Crippen molar-refractivity contribution in [3.05, 3.63) is 51.7 Å². The summed E-state index contributed by atoms with van der Waals surface area (Å²) in [6, 6.07) is 7.00. The van der Waals surface area contributed by atoms with Gasteiger partial charge in [-0.3, -0.25) is 4.79 Å². The highest BCUT2D eigenvalue weighted by Crippen LogP contribution is 2.27. The average Bonchev–Trinajstić information content (AvgIpc) is 2.90. The van der Waals surface area contributed by atoms with Crippen molar-refractivity contribution in [3.8, 4) is 5.75 Å². The molecule has 0 aliphatic rings. The Morgan fingerprint density at radius 2 is 2.26 bits per heavy atom. The van der Waals surface area contributed by atoms with E-state index in [4.69, 9.17) is 16.3 Å². The van der Waals surface area contributed by atoms with Crippen LogP contribution in [0.4, 0.5) is 5.69 Å². The second kappa shape index (κ2) is 6.41. The van der Waals surface area contributed by atoms with Gasteiger partial charge in [-0.25, -0.2) is 0 Å². The number of amides is 1. The minimum absolute atomic E-state index is 0.230. The highest BCUT2D eigenvalue weighted by Gasteiger charge is 2.06. The lowest BCUT2D eigenvalue weighted by atomic mass is 10.2. The SMILES string of the molecule is COc1ccc(Cl)cc1NC(=O)/C=C/c1ccsc1. The summed E-state index contributed by atoms with van der Waals surface area (Å²) in [6.07, 6.45) is 3.23. The van der Waals surface area contributed by atoms with Crippen LogP contribution in [0.25, 0.3) is 6.08 Å². The molecule has 0 spiro atoms. The standard InChI is InChI=1S/C14H12ClNO2S/c1-18-13-4-3-11(15)8-12(13)16-14(17)5-2-10-6-7-19-9-10/h2-9H,1H3,(H,16,17)/b5-2+. The third kappa shape index (κ3) is 3.84. The zero-order chi connectivity index (χ0) is 13.7. The molecular weight excluding hydrogens is 282 g/mol. The van der Waals surface area contributed by atoms with Crippen molar-refractivity contribution in [3.63, 3.8) is 0 Å². The third-order valence-electron chi connectivity index (χ3n) is 2.39. The van der Waals surface area contributed by atoms with Crippen LogP contribution >= 0.6 is 22.9 Å². The highest BCUT2D eigenvalue weighted by molar-refractivity contribution is 7.08. The number of ether oxygens (including phenoxy) is 1. The van der Waals surface area contributed by atoms with Gasteiger partial charge in [-0.2, -0.15) is 11.3 Å². The van der Waals surface area contributed by atoms with Crippen molar-refractivity contribution < 1.29 is 9.53 Å². The Hall–Kier alpha value is -1.78. The maximum atomic E-state index is 11.8. The molecule has 0 bridgehead atoms. The topological polar surface area (TPSA) is 38.3 Å². The van der Waals surface area contributed by atoms with E-state index in [0.29, 0.717) is 16.5 Å². The van der Waals surface area contributed by atoms with Gasteiger partial charge in [-0.1, -0.05) is 11.6 Å². The van der Waals surface area contributed by atoms with Crippen LogP contribution < -0.4 is 10.1 Å². The van der Waals surface area contributed by atoms with E-state index in [-0.39, 0.29) is 5.91 Å². The Morgan fingerprint density at radius 3 is 2.95 bits per heavy atom. The predicted octanol–water partition coefficient (Wildman–Crippen LogP) is 4.06. The van der Waals surface area contributed by atoms with Crippen molar-refractivity contribution >= 4 is 40.6 Å². The molecule has 2 rings (SSSR count). The zero-order valence-electron chi connectivity index (χ0n) is 10.2. The van der Waals surface area contributed by atoms with Gasteiger partial charge in [0.05, 0.1) is 12.8 Å². The van der Waals surface area contributed by atoms with Crippen LogP contribution in [0.5, 0.6) is 5.75 Å². The summed E-state index contributed by atoms with van der Waals surface area (Å²) in [5.74, 6) is 0.341. The Morgan fingerprint density at radius 1 is 1.42 bits per heavy atom. The van der Waals surface area contributed by atoms with Gasteiger partial charge in [0, 0.05) is 11.1 Å². The molecule has 0 saturated heterocycles. The number of benzene rings is 1. The molecule has 1 N–H and O–H groups in total. The second-order valence-corrected chi connectivity index (χ2v) is 4.94. The van der Waals surface area contributed by atoms with E-state index in [1.165, 1.54) is 6.08 Å². The van der Waals surface area contributed by atoms with Crippen LogP contribution in [0.1, 0.15) is 5.56 Å². The quantitative estimate of drug-likeness (QED) is 0.863. The molecule has 98 valence electrons. The van der Waals surface area contributed by atoms with Crippen molar-refractivity contribution in [2.24, 2.45) is 0 Å². The fourth-order valence-corrected chi connectivity index (χ4v) is 2.29. The molecule has 0 fully saturated rings. The third-order valence-corrected chi connectivity index (χ3v) is 3.33. The molecule has 3 nitrogen and oxygen atoms in total. The first kappa shape index (κ1) is 13.6. The summed E-state index contributed by atoms with van der Waals surface area (Å²) < 4.78 is 5.16. The number of rotatable bonds is 4. The molecule has 0 aliphatic heterocycles. The van der Waals surface area contributed by atoms with E-state index in [9.17, 15) is 4.79 Å². The monoisotopic (exact) mass is 293 g/mol. The number of methoxy groups -OCH3 is 1. The first-order valence-electron chi connectivity index (χ1n) is 5.54. The van der Waals surface area contributed by atoms with Crippen LogP contribution in [0.3, 0.4) is 0 Å². The van der Waals surface area contributed by atoms with E-state index in [2.05, 4.69) is 5.32 Å². The van der Waals surface area contributed by atoms with Crippen LogP contribution in [0.2, 0.25) is 5.02 Å². The number of thiophene rings is 1. The van der Waals surface area contributed by atoms with Gasteiger partial charge in [0.2, 0.25) is 5.91 Å². The number of hydrogen-bond donors (Lipinski definition) is 1. The molecule has 1 amide bonds. The summed E-state index contributed by atoms with van der Waals surface area (Å²) in [5, 5.41) is 7.19. The number of carbonyl (C=O) groups excluding carboxylic acids is 1. The fourth-order valence-electron chi connectivity index (χ4n) is 1.49. The minimum atomic E-state index is -0.230. The predicted molar refractivity (Wildman–Crippen MR) is 80.0 cm³/mol. The Bertz CT molecular complexity index is 593. The first-order valence-corrected chi connectivity index (χ1v) is 6.86. The summed E-state index contributed by atoms with van der Waals surface area (Å²) in [4.78, 5) is 11.8. The number of hydrogen-bond acceptors (Lipinski definition) is 3. The van der Waals surface area contributed by atoms with Gasteiger partial charge >= 0.3 is 0 Å². The smallest absolute Gasteiger partial charge is 0.248 e. The first-order chi connectivity index (χ1) is 9.19. The molecule has 19 heavy (non-hydrogen) atoms. The number of carbonyl (C=O) groups is 1. The molecular formula is C14H12ClNO2S. The van der Waals surface area contributed by atoms with Crippen molar-refractivity contribution in [1.82, 2.24) is 0 Å². The lowest BCUT2D eigenvalue weighted by Gasteiger charge is -2.08. The molecule has 0 saturated carbocycles. The molecule has 1 aromatic heterocycles. The maximum Gasteiger partial charge on any atom is 0.248 e. The fraction of sp³-hybridized carbons (Fsp3) is 0.0714. The van der Waals surface area contributed by atoms with Gasteiger partial charge in [0.25, 0.3) is 0 Å². The summed E-state index contributed by atoms with van der Waals surface area (Å²) >= 11 is 7.47. The van der Waals surface area contributed by atoms with Gasteiger partial charge in [0.15, 0.2) is 0 Å². The largest absolute Gasteiger partial charge is 0.495 e. The lowest BCUT2D eigenvalue weighted by molar-refractivity contribution is -0.111. The number of nitrogens with one attached hydrogen (secondary N) is 1.